The van der Waals surface area contributed by atoms with E-state index in [2.05, 4.69) is 6.58 Å². The van der Waals surface area contributed by atoms with E-state index >= 15 is 0 Å². The van der Waals surface area contributed by atoms with Gasteiger partial charge in [-0.05, 0) is 0 Å². The van der Waals surface area contributed by atoms with Crippen LogP contribution < -0.4 is 0 Å². The van der Waals surface area contributed by atoms with E-state index in [4.69, 9.17) is 5.11 Å². The number of carboxylic acids is 1. The Morgan fingerprint density at radius 2 is 1.75 bits per heavy atom. The third-order valence-electron chi connectivity index (χ3n) is 0.984. The molecule has 6 heteroatoms. The van der Waals surface area contributed by atoms with Crippen LogP contribution in [0.3, 0.4) is 0 Å². The molecule has 0 aliphatic heterocycles. The molecule has 0 amide bonds. The Kier molecular flexibility index (Phi) is 3.46. The molecule has 0 aromatic heterocycles. The standard InChI is InChI=1S/C6H4F4O2/c1-2(6(11)12)3(7)4(8)5(9)10/h3H,1H2,(H,11,12). The van der Waals surface area contributed by atoms with Crippen molar-refractivity contribution < 1.29 is 27.5 Å². The average molecular weight is 184 g/mol. The second-order valence-corrected chi connectivity index (χ2v) is 1.80. The summed E-state index contributed by atoms with van der Waals surface area (Å²) >= 11 is 0. The van der Waals surface area contributed by atoms with Crippen molar-refractivity contribution in [1.29, 1.82) is 0 Å². The predicted octanol–water partition coefficient (Wildman–Crippen LogP) is 2.04. The summed E-state index contributed by atoms with van der Waals surface area (Å²) in [7, 11) is 0. The van der Waals surface area contributed by atoms with Crippen LogP contribution >= 0.6 is 0 Å². The molecule has 1 N–H and O–H groups in total. The number of aliphatic carboxylic acids is 1. The fourth-order valence-corrected chi connectivity index (χ4v) is 0.357. The van der Waals surface area contributed by atoms with Gasteiger partial charge in [0.15, 0.2) is 6.17 Å². The molecule has 0 rings (SSSR count). The molecule has 1 unspecified atom stereocenters. The second kappa shape index (κ2) is 3.89. The topological polar surface area (TPSA) is 37.3 Å². The van der Waals surface area contributed by atoms with Crippen molar-refractivity contribution in [1.82, 2.24) is 0 Å². The van der Waals surface area contributed by atoms with E-state index in [9.17, 15) is 22.4 Å². The highest BCUT2D eigenvalue weighted by atomic mass is 19.3. The molecular formula is C6H4F4O2. The van der Waals surface area contributed by atoms with Gasteiger partial charge in [0.2, 0.25) is 5.83 Å². The smallest absolute Gasteiger partial charge is 0.334 e. The largest absolute Gasteiger partial charge is 0.478 e. The summed E-state index contributed by atoms with van der Waals surface area (Å²) in [6.45, 7) is 2.58. The molecule has 0 aliphatic carbocycles. The number of carboxylic acid groups (broad SMARTS) is 1. The maximum absolute atomic E-state index is 12.3. The van der Waals surface area contributed by atoms with E-state index in [0.29, 0.717) is 0 Å². The van der Waals surface area contributed by atoms with Crippen LogP contribution in [0.1, 0.15) is 0 Å². The van der Waals surface area contributed by atoms with Crippen molar-refractivity contribution in [3.05, 3.63) is 24.1 Å². The SMILES string of the molecule is C=C(C(=O)O)C(F)C(F)=C(F)F. The molecule has 68 valence electrons. The molecule has 0 saturated heterocycles. The van der Waals surface area contributed by atoms with E-state index in [1.165, 1.54) is 0 Å². The molecular weight excluding hydrogens is 180 g/mol. The van der Waals surface area contributed by atoms with Crippen molar-refractivity contribution in [2.75, 3.05) is 0 Å². The van der Waals surface area contributed by atoms with E-state index in [0.717, 1.165) is 0 Å². The summed E-state index contributed by atoms with van der Waals surface area (Å²) in [5.41, 5.74) is -1.26. The molecule has 1 atom stereocenters. The Morgan fingerprint density at radius 1 is 1.33 bits per heavy atom. The molecule has 0 aliphatic rings. The first-order valence-corrected chi connectivity index (χ1v) is 2.64. The molecule has 0 fully saturated rings. The van der Waals surface area contributed by atoms with E-state index in [1.54, 1.807) is 0 Å². The first-order valence-electron chi connectivity index (χ1n) is 2.64. The van der Waals surface area contributed by atoms with Crippen LogP contribution in [-0.4, -0.2) is 17.2 Å². The van der Waals surface area contributed by atoms with Crippen LogP contribution in [0.4, 0.5) is 17.6 Å². The zero-order chi connectivity index (χ0) is 9.89. The molecule has 0 saturated carbocycles. The van der Waals surface area contributed by atoms with Crippen LogP contribution in [-0.2, 0) is 4.79 Å². The first-order chi connectivity index (χ1) is 5.37. The maximum Gasteiger partial charge on any atom is 0.334 e. The minimum atomic E-state index is -2.98. The van der Waals surface area contributed by atoms with Gasteiger partial charge in [0.05, 0.1) is 5.57 Å². The number of hydrogen-bond acceptors (Lipinski definition) is 1. The third-order valence-corrected chi connectivity index (χ3v) is 0.984. The lowest BCUT2D eigenvalue weighted by Gasteiger charge is -2.02. The molecule has 0 spiro atoms. The molecule has 0 heterocycles. The lowest BCUT2D eigenvalue weighted by atomic mass is 10.2. The zero-order valence-corrected chi connectivity index (χ0v) is 5.65. The number of allylic oxidation sites excluding steroid dienone is 1. The van der Waals surface area contributed by atoms with Crippen LogP contribution in [0.25, 0.3) is 0 Å². The van der Waals surface area contributed by atoms with Crippen molar-refractivity contribution in [2.24, 2.45) is 0 Å². The Bertz CT molecular complexity index is 242. The fourth-order valence-electron chi connectivity index (χ4n) is 0.357. The quantitative estimate of drug-likeness (QED) is 0.538. The zero-order valence-electron chi connectivity index (χ0n) is 5.65. The highest BCUT2D eigenvalue weighted by Gasteiger charge is 2.25. The minimum Gasteiger partial charge on any atom is -0.478 e. The van der Waals surface area contributed by atoms with Gasteiger partial charge in [0.1, 0.15) is 0 Å². The molecule has 0 bridgehead atoms. The molecule has 0 aromatic carbocycles. The van der Waals surface area contributed by atoms with Gasteiger partial charge in [-0.25, -0.2) is 13.6 Å². The maximum atomic E-state index is 12.3. The number of halogens is 4. The summed E-state index contributed by atoms with van der Waals surface area (Å²) in [4.78, 5) is 9.89. The Labute approximate surface area is 64.8 Å². The Balaban J connectivity index is 4.63. The van der Waals surface area contributed by atoms with Crippen LogP contribution in [0.15, 0.2) is 24.1 Å². The summed E-state index contributed by atoms with van der Waals surface area (Å²) in [6.07, 6.45) is -5.86. The van der Waals surface area contributed by atoms with Gasteiger partial charge in [0.25, 0.3) is 0 Å². The number of rotatable bonds is 3. The van der Waals surface area contributed by atoms with Gasteiger partial charge in [-0.2, -0.15) is 8.78 Å². The van der Waals surface area contributed by atoms with Crippen LogP contribution in [0.5, 0.6) is 0 Å². The van der Waals surface area contributed by atoms with Crippen molar-refractivity contribution in [2.45, 2.75) is 6.17 Å². The summed E-state index contributed by atoms with van der Waals surface area (Å²) < 4.78 is 46.9. The summed E-state index contributed by atoms with van der Waals surface area (Å²) in [6, 6.07) is 0. The van der Waals surface area contributed by atoms with Gasteiger partial charge in [-0.15, -0.1) is 0 Å². The fraction of sp³-hybridized carbons (Fsp3) is 0.167. The first kappa shape index (κ1) is 10.7. The van der Waals surface area contributed by atoms with E-state index in [-0.39, 0.29) is 0 Å². The van der Waals surface area contributed by atoms with Gasteiger partial charge < -0.3 is 5.11 Å². The molecule has 0 aromatic rings. The average Bonchev–Trinajstić information content (AvgIpc) is 2.00. The van der Waals surface area contributed by atoms with Crippen molar-refractivity contribution >= 4 is 5.97 Å². The molecule has 2 nitrogen and oxygen atoms in total. The van der Waals surface area contributed by atoms with Crippen molar-refractivity contribution in [3.8, 4) is 0 Å². The predicted molar refractivity (Wildman–Crippen MR) is 32.0 cm³/mol. The number of carbonyl (C=O) groups is 1. The Hall–Kier alpha value is -1.33. The van der Waals surface area contributed by atoms with E-state index in [1.807, 2.05) is 0 Å². The summed E-state index contributed by atoms with van der Waals surface area (Å²) in [5, 5.41) is 8.01. The van der Waals surface area contributed by atoms with Crippen LogP contribution in [0.2, 0.25) is 0 Å². The third kappa shape index (κ3) is 2.37. The monoisotopic (exact) mass is 184 g/mol. The van der Waals surface area contributed by atoms with Crippen LogP contribution in [0, 0.1) is 0 Å². The minimum absolute atomic E-state index is 1.26. The normalized spacial score (nSPS) is 12.0. The van der Waals surface area contributed by atoms with Gasteiger partial charge in [-0.1, -0.05) is 6.58 Å². The molecule has 0 radical (unpaired) electrons. The number of alkyl halides is 1. The highest BCUT2D eigenvalue weighted by molar-refractivity contribution is 5.87. The van der Waals surface area contributed by atoms with Gasteiger partial charge in [-0.3, -0.25) is 0 Å². The Morgan fingerprint density at radius 3 is 2.00 bits per heavy atom. The summed E-state index contributed by atoms with van der Waals surface area (Å²) in [5.74, 6) is -4.28. The lowest BCUT2D eigenvalue weighted by molar-refractivity contribution is -0.133. The van der Waals surface area contributed by atoms with E-state index < -0.39 is 29.6 Å². The molecule has 12 heavy (non-hydrogen) atoms. The highest BCUT2D eigenvalue weighted by Crippen LogP contribution is 2.21. The lowest BCUT2D eigenvalue weighted by Crippen LogP contribution is -2.13. The van der Waals surface area contributed by atoms with Gasteiger partial charge in [0, 0.05) is 0 Å². The van der Waals surface area contributed by atoms with Crippen molar-refractivity contribution in [3.63, 3.8) is 0 Å². The number of hydrogen-bond donors (Lipinski definition) is 1. The second-order valence-electron chi connectivity index (χ2n) is 1.80. The van der Waals surface area contributed by atoms with Gasteiger partial charge >= 0.3 is 12.0 Å².